The summed E-state index contributed by atoms with van der Waals surface area (Å²) < 4.78 is 13.5. The molecule has 0 bridgehead atoms. The molecule has 45 heteroatoms. The van der Waals surface area contributed by atoms with Crippen LogP contribution in [0.25, 0.3) is 0 Å². The van der Waals surface area contributed by atoms with Gasteiger partial charge in [-0.15, -0.1) is 0 Å². The van der Waals surface area contributed by atoms with Crippen LogP contribution in [0.1, 0.15) is 44.5 Å². The number of hydrogen-bond acceptors (Lipinski definition) is 20. The Bertz CT molecular complexity index is 6020. The number of halogens is 13. The van der Waals surface area contributed by atoms with Crippen LogP contribution < -0.4 is 103 Å². The van der Waals surface area contributed by atoms with E-state index in [0.29, 0.717) is 71.7 Å². The molecule has 6 N–H and O–H groups in total. The van der Waals surface area contributed by atoms with Crippen LogP contribution in [0.15, 0.2) is 254 Å². The first-order valence-corrected chi connectivity index (χ1v) is 75.5. The number of rotatable bonds is 26. The van der Waals surface area contributed by atoms with Gasteiger partial charge in [0.2, 0.25) is 0 Å². The molecule has 0 radical (unpaired) electrons. The summed E-state index contributed by atoms with van der Waals surface area (Å²) in [5.74, 6) is 1.73. The second-order valence-corrected chi connectivity index (χ2v) is 55.2. The number of anilines is 8. The standard InChI is InChI=1S/C18H23FN3OP.C18H24N3OP.2C17H21N2OP.2C16H19N2OP.12ClH.6Ti/c1-20-11-12-8-13(19)6-7-16(12)24-17-10-14(21(2)3)9-15(18(17)23)22(4)5;1-19-12-13-8-6-7-9-16(13)23-17-11-14(20(2)3)10-15(18(17)22)21(4)5;1-12-5-8-16(13(9-12)11-18-2)21-17-10-14(19(3)4)6-7-15(17)20;1-12-7-5-8-13(11-18-2)17(12)21-15-10-6-9-14(16(15)20)19(3)4;1-17-11-12-7-4-5-9-14(12)20-15-10-6-8-13(16(15)19)18(2)3;1-17-11-12-6-4-5-7-15(12)20-16-10-13(18(2)3)8-9-14(16)19;;;;;;;;;;;;;;;;;;/h6-11,23-24H,1-5H3;6-12,22-23H,1-5H3;2*5-11,20-21H,1-4H3;2*4-11,19-20H,1-3H3;12*1H;;;;;;/q;;;;;;;;;;;;;;;;;;6*+2/p-12. The van der Waals surface area contributed by atoms with Gasteiger partial charge in [0.25, 0.3) is 0 Å². The van der Waals surface area contributed by atoms with E-state index in [2.05, 4.69) is 109 Å². The van der Waals surface area contributed by atoms with Crippen LogP contribution in [0, 0.1) is 19.7 Å². The molecule has 0 saturated heterocycles. The molecule has 0 saturated carbocycles. The van der Waals surface area contributed by atoms with Crippen molar-refractivity contribution >= 4 is 310 Å². The summed E-state index contributed by atoms with van der Waals surface area (Å²) in [4.78, 5) is 40.3. The Balaban J connectivity index is 0.000000853. The molecule has 0 aliphatic carbocycles. The van der Waals surface area contributed by atoms with Crippen LogP contribution in [0.2, 0.25) is 0 Å². The molecule has 786 valence electrons. The van der Waals surface area contributed by atoms with Crippen LogP contribution in [0.3, 0.4) is 0 Å². The Morgan fingerprint density at radius 3 is 0.830 bits per heavy atom. The van der Waals surface area contributed by atoms with Crippen molar-refractivity contribution in [3.05, 3.63) is 275 Å². The van der Waals surface area contributed by atoms with E-state index in [-0.39, 0.29) is 20.1 Å². The summed E-state index contributed by atoms with van der Waals surface area (Å²) >= 11 is -3.33. The van der Waals surface area contributed by atoms with Gasteiger partial charge in [-0.1, -0.05) is 191 Å². The van der Waals surface area contributed by atoms with Crippen molar-refractivity contribution in [3.8, 4) is 34.5 Å². The predicted molar refractivity (Wildman–Crippen MR) is 648 cm³/mol. The molecule has 0 aromatic heterocycles. The average Bonchev–Trinajstić information content (AvgIpc) is 0.808. The minimum absolute atomic E-state index is 0.198. The molecular formula is C102H127Cl12FN14O6P6Ti6. The van der Waals surface area contributed by atoms with Gasteiger partial charge in [0.1, 0.15) is 40.3 Å². The normalized spacial score (nSPS) is 10.7. The van der Waals surface area contributed by atoms with Crippen molar-refractivity contribution in [3.63, 3.8) is 0 Å². The average molecular weight is 2560 g/mol. The van der Waals surface area contributed by atoms with E-state index in [9.17, 15) is 35.0 Å². The number of nitrogens with zero attached hydrogens (tertiary/aromatic N) is 14. The fourth-order valence-electron chi connectivity index (χ4n) is 12.9. The summed E-state index contributed by atoms with van der Waals surface area (Å²) in [6, 6.07) is 72.8. The van der Waals surface area contributed by atoms with Crippen molar-refractivity contribution in [1.82, 2.24) is 0 Å². The summed E-state index contributed by atoms with van der Waals surface area (Å²) in [5, 5.41) is 74.8. The first kappa shape index (κ1) is 141. The fraction of sp³-hybridized carbons (Fsp3) is 0.235. The van der Waals surface area contributed by atoms with Gasteiger partial charge in [-0.2, -0.15) is 0 Å². The molecule has 6 atom stereocenters. The second kappa shape index (κ2) is 81.7. The topological polar surface area (TPSA) is 221 Å². The van der Waals surface area contributed by atoms with Crippen LogP contribution in [0.5, 0.6) is 34.5 Å². The number of aryl methyl sites for hydroxylation is 2. The SMILES string of the molecule is CN=Cc1cc(C)ccc1Pc1cc(N(C)C)ccc1O.CN=Cc1cc(F)ccc1Pc1cc(N(C)C)cc(N(C)C)c1O.CN=Cc1cccc(C)c1Pc1cccc(N(C)C)c1O.CN=Cc1ccccc1Pc1cc(N(C)C)cc(N(C)C)c1O.CN=Cc1ccccc1Pc1cc(N(C)C)ccc1O.CN=Cc1ccccc1Pc1cccc(N(C)C)c1O.[Cl][Ti][Cl].[Cl][Ti][Cl].[Cl][Ti][Cl].[Cl][Ti][Cl].[Cl][Ti][Cl].[Cl][Ti][Cl]. The van der Waals surface area contributed by atoms with E-state index >= 15 is 0 Å². The molecular weight excluding hydrogens is 2430 g/mol. The monoisotopic (exact) mass is 2560 g/mol. The first-order valence-electron chi connectivity index (χ1n) is 43.7. The molecule has 0 aliphatic heterocycles. The van der Waals surface area contributed by atoms with Gasteiger partial charge >= 0.3 is 214 Å². The van der Waals surface area contributed by atoms with Gasteiger partial charge in [0.15, 0.2) is 0 Å². The Hall–Kier alpha value is -3.86. The van der Waals surface area contributed by atoms with E-state index in [0.717, 1.165) is 116 Å². The third-order valence-corrected chi connectivity index (χ3v) is 28.3. The number of aromatic hydroxyl groups is 6. The number of hydrogen-bond donors (Lipinski definition) is 6. The maximum absolute atomic E-state index is 13.5. The minimum atomic E-state index is -0.556. The number of para-hydroxylation sites is 2. The molecule has 12 rings (SSSR count). The molecule has 20 nitrogen and oxygen atoms in total. The third-order valence-electron chi connectivity index (χ3n) is 19.8. The van der Waals surface area contributed by atoms with Gasteiger partial charge in [-0.25, -0.2) is 4.39 Å². The molecule has 0 fully saturated rings. The molecule has 6 unspecified atom stereocenters. The molecule has 0 spiro atoms. The predicted octanol–water partition coefficient (Wildman–Crippen LogP) is 22.0. The molecule has 12 aromatic carbocycles. The number of benzene rings is 12. The zero-order chi connectivity index (χ0) is 111. The van der Waals surface area contributed by atoms with Gasteiger partial charge in [-0.05, 0) is 159 Å². The van der Waals surface area contributed by atoms with Crippen LogP contribution in [0.4, 0.5) is 49.9 Å². The van der Waals surface area contributed by atoms with Crippen molar-refractivity contribution in [2.45, 2.75) is 13.8 Å². The van der Waals surface area contributed by atoms with E-state index in [1.54, 1.807) is 66.7 Å². The molecule has 0 amide bonds. The van der Waals surface area contributed by atoms with Crippen LogP contribution in [-0.2, 0) is 102 Å². The number of phenols is 6. The number of phenolic OH excluding ortho intramolecular Hbond substituents is 6. The maximum atomic E-state index is 13.5. The molecule has 12 aromatic rings. The Labute approximate surface area is 981 Å². The van der Waals surface area contributed by atoms with Gasteiger partial charge < -0.3 is 69.8 Å². The van der Waals surface area contributed by atoms with Crippen LogP contribution >= 0.6 is 163 Å². The zero-order valence-corrected chi connectivity index (χ0v) is 111. The number of aliphatic imine (C=N–C) groups is 6. The van der Waals surface area contributed by atoms with Crippen molar-refractivity contribution < 1.29 is 137 Å². The molecule has 147 heavy (non-hydrogen) atoms. The summed E-state index contributed by atoms with van der Waals surface area (Å²) in [6.45, 7) is 4.17. The zero-order valence-electron chi connectivity index (χ0n) is 86.2. The van der Waals surface area contributed by atoms with Crippen LogP contribution in [-0.4, -0.2) is 223 Å². The Morgan fingerprint density at radius 2 is 0.497 bits per heavy atom. The summed E-state index contributed by atoms with van der Waals surface area (Å²) in [6.07, 6.45) is 11.0. The van der Waals surface area contributed by atoms with E-state index in [1.165, 1.54) is 49.8 Å². The van der Waals surface area contributed by atoms with Crippen molar-refractivity contribution in [1.29, 1.82) is 0 Å². The quantitative estimate of drug-likeness (QED) is 0.0169. The van der Waals surface area contributed by atoms with Crippen molar-refractivity contribution in [2.24, 2.45) is 30.0 Å². The third kappa shape index (κ3) is 53.2. The first-order chi connectivity index (χ1) is 70.0. The Morgan fingerprint density at radius 1 is 0.238 bits per heavy atom. The summed E-state index contributed by atoms with van der Waals surface area (Å²) in [7, 11) is 103. The van der Waals surface area contributed by atoms with E-state index < -0.39 is 102 Å². The van der Waals surface area contributed by atoms with E-state index in [4.69, 9.17) is 112 Å². The van der Waals surface area contributed by atoms with Gasteiger partial charge in [-0.3, -0.25) is 30.0 Å². The fourth-order valence-corrected chi connectivity index (χ4v) is 20.1. The second-order valence-electron chi connectivity index (χ2n) is 31.8. The molecule has 0 heterocycles. The Kier molecular flexibility index (Phi) is 78.5. The van der Waals surface area contributed by atoms with Gasteiger partial charge in [0, 0.05) is 264 Å². The summed E-state index contributed by atoms with van der Waals surface area (Å²) in [5.41, 5.74) is 16.2. The van der Waals surface area contributed by atoms with Crippen molar-refractivity contribution in [2.75, 3.05) is 194 Å². The van der Waals surface area contributed by atoms with Gasteiger partial charge in [0.05, 0.1) is 22.7 Å². The van der Waals surface area contributed by atoms with E-state index in [1.807, 2.05) is 312 Å². The molecule has 0 aliphatic rings.